The molecule has 0 unspecified atom stereocenters. The van der Waals surface area contributed by atoms with Gasteiger partial charge >= 0.3 is 6.03 Å². The number of nitrogens with one attached hydrogen (secondary N) is 2. The van der Waals surface area contributed by atoms with Crippen LogP contribution in [0.2, 0.25) is 0 Å². The number of urea groups is 1. The zero-order valence-corrected chi connectivity index (χ0v) is 15.8. The lowest BCUT2D eigenvalue weighted by atomic mass is 10.2. The van der Waals surface area contributed by atoms with Crippen molar-refractivity contribution in [2.45, 2.75) is 57.6 Å². The topological polar surface area (TPSA) is 102 Å². The van der Waals surface area contributed by atoms with Crippen LogP contribution in [0, 0.1) is 6.92 Å². The molecule has 9 heteroatoms. The maximum absolute atomic E-state index is 12.2. The van der Waals surface area contributed by atoms with Crippen LogP contribution < -0.4 is 10.6 Å². The summed E-state index contributed by atoms with van der Waals surface area (Å²) < 4.78 is 7.24. The second-order valence-corrected chi connectivity index (χ2v) is 7.13. The molecule has 2 rings (SSSR count). The van der Waals surface area contributed by atoms with Gasteiger partial charge in [0.05, 0.1) is 17.1 Å². The fourth-order valence-corrected chi connectivity index (χ4v) is 3.11. The van der Waals surface area contributed by atoms with E-state index in [9.17, 15) is 9.59 Å². The highest BCUT2D eigenvalue weighted by atomic mass is 32.2. The van der Waals surface area contributed by atoms with Crippen molar-refractivity contribution in [1.82, 2.24) is 25.4 Å². The van der Waals surface area contributed by atoms with E-state index in [1.165, 1.54) is 11.8 Å². The van der Waals surface area contributed by atoms with E-state index in [0.29, 0.717) is 17.5 Å². The lowest BCUT2D eigenvalue weighted by Gasteiger charge is -2.13. The van der Waals surface area contributed by atoms with Gasteiger partial charge in [-0.1, -0.05) is 11.8 Å². The predicted molar refractivity (Wildman–Crippen MR) is 95.3 cm³/mol. The molecule has 0 saturated heterocycles. The molecular formula is C16H23N5O3S. The van der Waals surface area contributed by atoms with Crippen LogP contribution in [0.4, 0.5) is 4.79 Å². The molecule has 0 aliphatic rings. The molecule has 0 aromatic carbocycles. The molecule has 0 spiro atoms. The van der Waals surface area contributed by atoms with Crippen LogP contribution in [0.3, 0.4) is 0 Å². The average molecular weight is 365 g/mol. The van der Waals surface area contributed by atoms with Crippen LogP contribution in [-0.2, 0) is 11.3 Å². The van der Waals surface area contributed by atoms with Crippen molar-refractivity contribution in [3.63, 3.8) is 0 Å². The first-order valence-corrected chi connectivity index (χ1v) is 8.97. The van der Waals surface area contributed by atoms with E-state index in [1.54, 1.807) is 13.2 Å². The van der Waals surface area contributed by atoms with Crippen LogP contribution in [0.15, 0.2) is 21.9 Å². The van der Waals surface area contributed by atoms with Crippen molar-refractivity contribution in [2.24, 2.45) is 0 Å². The van der Waals surface area contributed by atoms with E-state index < -0.39 is 11.3 Å². The van der Waals surface area contributed by atoms with Gasteiger partial charge in [0.15, 0.2) is 11.0 Å². The Kier molecular flexibility index (Phi) is 6.24. The van der Waals surface area contributed by atoms with Crippen molar-refractivity contribution in [3.05, 3.63) is 18.1 Å². The number of hydrogen-bond acceptors (Lipinski definition) is 6. The maximum Gasteiger partial charge on any atom is 0.321 e. The van der Waals surface area contributed by atoms with E-state index in [-0.39, 0.29) is 11.9 Å². The number of aryl methyl sites for hydroxylation is 1. The van der Waals surface area contributed by atoms with Gasteiger partial charge < -0.3 is 14.3 Å². The standard InChI is InChI=1S/C16H23N5O3S/c1-6-21-13(12-7-8-24-10(12)4)19-20-16(21)25-11(5)14(22)18-15(23)17-9(2)3/h7-9,11H,6H2,1-5H3,(H2,17,18,22,23)/t11-/m1/s1. The summed E-state index contributed by atoms with van der Waals surface area (Å²) in [6.45, 7) is 9.86. The quantitative estimate of drug-likeness (QED) is 0.763. The molecule has 2 N–H and O–H groups in total. The zero-order chi connectivity index (χ0) is 18.6. The van der Waals surface area contributed by atoms with Crippen LogP contribution in [-0.4, -0.2) is 38.0 Å². The van der Waals surface area contributed by atoms with Gasteiger partial charge in [0.2, 0.25) is 5.91 Å². The van der Waals surface area contributed by atoms with Crippen LogP contribution in [0.5, 0.6) is 0 Å². The molecule has 0 radical (unpaired) electrons. The maximum atomic E-state index is 12.2. The number of amides is 3. The highest BCUT2D eigenvalue weighted by Gasteiger charge is 2.22. The highest BCUT2D eigenvalue weighted by Crippen LogP contribution is 2.28. The molecule has 3 amide bonds. The third kappa shape index (κ3) is 4.62. The van der Waals surface area contributed by atoms with E-state index >= 15 is 0 Å². The molecule has 0 aliphatic heterocycles. The summed E-state index contributed by atoms with van der Waals surface area (Å²) in [7, 11) is 0. The molecule has 1 atom stereocenters. The Morgan fingerprint density at radius 2 is 2.04 bits per heavy atom. The molecule has 0 bridgehead atoms. The molecule has 2 aromatic rings. The molecule has 136 valence electrons. The third-order valence-electron chi connectivity index (χ3n) is 3.44. The first kappa shape index (κ1) is 19.0. The number of imide groups is 1. The SMILES string of the molecule is CCn1c(S[C@H](C)C(=O)NC(=O)NC(C)C)nnc1-c1ccoc1C. The predicted octanol–water partition coefficient (Wildman–Crippen LogP) is 2.58. The van der Waals surface area contributed by atoms with Gasteiger partial charge in [-0.2, -0.15) is 0 Å². The Hall–Kier alpha value is -2.29. The van der Waals surface area contributed by atoms with Gasteiger partial charge in [0, 0.05) is 12.6 Å². The molecule has 0 saturated carbocycles. The van der Waals surface area contributed by atoms with Crippen molar-refractivity contribution < 1.29 is 14.0 Å². The van der Waals surface area contributed by atoms with Crippen LogP contribution >= 0.6 is 11.8 Å². The number of aromatic nitrogens is 3. The fraction of sp³-hybridized carbons (Fsp3) is 0.500. The van der Waals surface area contributed by atoms with Crippen molar-refractivity contribution in [1.29, 1.82) is 0 Å². The summed E-state index contributed by atoms with van der Waals surface area (Å²) in [4.78, 5) is 23.8. The number of carbonyl (C=O) groups excluding carboxylic acids is 2. The van der Waals surface area contributed by atoms with E-state index in [1.807, 2.05) is 38.3 Å². The number of thioether (sulfide) groups is 1. The summed E-state index contributed by atoms with van der Waals surface area (Å²) >= 11 is 1.25. The number of hydrogen-bond donors (Lipinski definition) is 2. The van der Waals surface area contributed by atoms with Crippen molar-refractivity contribution in [3.8, 4) is 11.4 Å². The van der Waals surface area contributed by atoms with E-state index in [4.69, 9.17) is 4.42 Å². The number of rotatable bonds is 6. The summed E-state index contributed by atoms with van der Waals surface area (Å²) in [5.41, 5.74) is 0.870. The lowest BCUT2D eigenvalue weighted by Crippen LogP contribution is -2.45. The van der Waals surface area contributed by atoms with Gasteiger partial charge in [-0.25, -0.2) is 4.79 Å². The Labute approximate surface area is 150 Å². The zero-order valence-electron chi connectivity index (χ0n) is 15.0. The Morgan fingerprint density at radius 3 is 2.60 bits per heavy atom. The second-order valence-electron chi connectivity index (χ2n) is 5.82. The minimum Gasteiger partial charge on any atom is -0.469 e. The van der Waals surface area contributed by atoms with Crippen molar-refractivity contribution in [2.75, 3.05) is 0 Å². The van der Waals surface area contributed by atoms with Gasteiger partial charge in [0.25, 0.3) is 0 Å². The largest absolute Gasteiger partial charge is 0.469 e. The first-order valence-electron chi connectivity index (χ1n) is 8.09. The van der Waals surface area contributed by atoms with Crippen LogP contribution in [0.1, 0.15) is 33.5 Å². The first-order chi connectivity index (χ1) is 11.8. The fourth-order valence-electron chi connectivity index (χ4n) is 2.20. The lowest BCUT2D eigenvalue weighted by molar-refractivity contribution is -0.119. The Balaban J connectivity index is 2.10. The number of carbonyl (C=O) groups is 2. The Morgan fingerprint density at radius 1 is 1.32 bits per heavy atom. The van der Waals surface area contributed by atoms with Gasteiger partial charge in [-0.3, -0.25) is 10.1 Å². The number of furan rings is 1. The van der Waals surface area contributed by atoms with Gasteiger partial charge in [-0.05, 0) is 40.7 Å². The summed E-state index contributed by atoms with van der Waals surface area (Å²) in [5, 5.41) is 13.5. The van der Waals surface area contributed by atoms with Crippen LogP contribution in [0.25, 0.3) is 11.4 Å². The second kappa shape index (κ2) is 8.19. The monoisotopic (exact) mass is 365 g/mol. The minimum atomic E-state index is -0.501. The molecular weight excluding hydrogens is 342 g/mol. The Bertz CT molecular complexity index is 753. The molecule has 8 nitrogen and oxygen atoms in total. The molecule has 2 aromatic heterocycles. The van der Waals surface area contributed by atoms with E-state index in [2.05, 4.69) is 20.8 Å². The summed E-state index contributed by atoms with van der Waals surface area (Å²) in [6, 6.07) is 1.30. The summed E-state index contributed by atoms with van der Waals surface area (Å²) in [5.74, 6) is 1.08. The number of nitrogens with zero attached hydrogens (tertiary/aromatic N) is 3. The molecule has 0 fully saturated rings. The minimum absolute atomic E-state index is 0.0419. The average Bonchev–Trinajstić information content (AvgIpc) is 3.11. The molecule has 2 heterocycles. The normalized spacial score (nSPS) is 12.2. The van der Waals surface area contributed by atoms with Crippen molar-refractivity contribution >= 4 is 23.7 Å². The summed E-state index contributed by atoms with van der Waals surface area (Å²) in [6.07, 6.45) is 1.61. The van der Waals surface area contributed by atoms with Gasteiger partial charge in [-0.15, -0.1) is 10.2 Å². The van der Waals surface area contributed by atoms with Gasteiger partial charge in [0.1, 0.15) is 5.76 Å². The molecule has 25 heavy (non-hydrogen) atoms. The smallest absolute Gasteiger partial charge is 0.321 e. The molecule has 0 aliphatic carbocycles. The van der Waals surface area contributed by atoms with E-state index in [0.717, 1.165) is 11.3 Å². The third-order valence-corrected chi connectivity index (χ3v) is 4.52. The highest BCUT2D eigenvalue weighted by molar-refractivity contribution is 8.00.